The maximum atomic E-state index is 9.72. The van der Waals surface area contributed by atoms with Crippen molar-refractivity contribution in [1.29, 1.82) is 10.5 Å². The summed E-state index contributed by atoms with van der Waals surface area (Å²) in [4.78, 5) is 4.40. The summed E-state index contributed by atoms with van der Waals surface area (Å²) in [6.45, 7) is 5.88. The van der Waals surface area contributed by atoms with Crippen molar-refractivity contribution < 1.29 is 0 Å². The van der Waals surface area contributed by atoms with Gasteiger partial charge in [0.1, 0.15) is 18.0 Å². The summed E-state index contributed by atoms with van der Waals surface area (Å²) in [5.74, 6) is 0.168. The Morgan fingerprint density at radius 1 is 1.11 bits per heavy atom. The van der Waals surface area contributed by atoms with Crippen molar-refractivity contribution in [3.63, 3.8) is 0 Å². The van der Waals surface area contributed by atoms with Crippen LogP contribution < -0.4 is 5.73 Å². The van der Waals surface area contributed by atoms with Crippen LogP contribution in [0.15, 0.2) is 29.8 Å². The van der Waals surface area contributed by atoms with Crippen LogP contribution in [0.2, 0.25) is 0 Å². The maximum absolute atomic E-state index is 9.72. The van der Waals surface area contributed by atoms with Crippen molar-refractivity contribution in [3.8, 4) is 12.1 Å². The van der Waals surface area contributed by atoms with Gasteiger partial charge in [0.25, 0.3) is 0 Å². The minimum absolute atomic E-state index is 0.168. The summed E-state index contributed by atoms with van der Waals surface area (Å²) in [6, 6.07) is 12.7. The Morgan fingerprint density at radius 3 is 2.50 bits per heavy atom. The van der Waals surface area contributed by atoms with E-state index in [4.69, 9.17) is 5.73 Å². The molecule has 0 radical (unpaired) electrons. The zero-order valence-corrected chi connectivity index (χ0v) is 16.3. The SMILES string of the molecule is CC1=C(C#N)c2nc(N)c(C#N)c(C)c2/C1=C/c1c(C)n(C)c2ccccc12. The van der Waals surface area contributed by atoms with Gasteiger partial charge in [0.2, 0.25) is 0 Å². The lowest BCUT2D eigenvalue weighted by molar-refractivity contribution is 0.916. The number of anilines is 1. The highest BCUT2D eigenvalue weighted by Gasteiger charge is 2.30. The molecule has 0 saturated heterocycles. The topological polar surface area (TPSA) is 91.4 Å². The van der Waals surface area contributed by atoms with Gasteiger partial charge in [-0.25, -0.2) is 4.98 Å². The molecular weight excluding hydrogens is 346 g/mol. The van der Waals surface area contributed by atoms with Crippen LogP contribution in [-0.4, -0.2) is 9.55 Å². The molecule has 2 heterocycles. The number of pyridine rings is 1. The first-order valence-electron chi connectivity index (χ1n) is 8.98. The number of nitriles is 2. The Bertz CT molecular complexity index is 1320. The van der Waals surface area contributed by atoms with E-state index >= 15 is 0 Å². The molecule has 2 aromatic heterocycles. The molecule has 0 spiro atoms. The van der Waals surface area contributed by atoms with Crippen LogP contribution >= 0.6 is 0 Å². The Hall–Kier alpha value is -3.83. The summed E-state index contributed by atoms with van der Waals surface area (Å²) in [6.07, 6.45) is 2.11. The standard InChI is InChI=1S/C23H19N5/c1-12-16(9-17-14(3)28(4)20-8-6-5-7-15(17)20)21-13(2)19(11-25)23(26)27-22(21)18(12)10-24/h5-9H,1-4H3,(H2,26,27)/b16-9+. The minimum Gasteiger partial charge on any atom is -0.383 e. The van der Waals surface area contributed by atoms with Gasteiger partial charge < -0.3 is 10.3 Å². The maximum Gasteiger partial charge on any atom is 0.142 e. The third-order valence-corrected chi connectivity index (χ3v) is 5.72. The molecule has 1 aliphatic carbocycles. The Labute approximate surface area is 163 Å². The normalized spacial score (nSPS) is 14.4. The van der Waals surface area contributed by atoms with Gasteiger partial charge in [0.15, 0.2) is 0 Å². The number of hydrogen-bond acceptors (Lipinski definition) is 4. The highest BCUT2D eigenvalue weighted by atomic mass is 14.9. The smallest absolute Gasteiger partial charge is 0.142 e. The largest absolute Gasteiger partial charge is 0.383 e. The van der Waals surface area contributed by atoms with Crippen LogP contribution in [0.1, 0.15) is 40.6 Å². The summed E-state index contributed by atoms with van der Waals surface area (Å²) >= 11 is 0. The summed E-state index contributed by atoms with van der Waals surface area (Å²) < 4.78 is 2.16. The van der Waals surface area contributed by atoms with Crippen LogP contribution in [0.3, 0.4) is 0 Å². The zero-order valence-electron chi connectivity index (χ0n) is 16.3. The van der Waals surface area contributed by atoms with Gasteiger partial charge in [-0.15, -0.1) is 0 Å². The predicted molar refractivity (Wildman–Crippen MR) is 112 cm³/mol. The van der Waals surface area contributed by atoms with E-state index in [0.29, 0.717) is 16.8 Å². The third-order valence-electron chi connectivity index (χ3n) is 5.72. The van der Waals surface area contributed by atoms with E-state index in [1.165, 1.54) is 0 Å². The van der Waals surface area contributed by atoms with Crippen LogP contribution in [-0.2, 0) is 7.05 Å². The van der Waals surface area contributed by atoms with Gasteiger partial charge in [0.05, 0.1) is 16.8 Å². The number of aromatic nitrogens is 2. The van der Waals surface area contributed by atoms with Gasteiger partial charge >= 0.3 is 0 Å². The lowest BCUT2D eigenvalue weighted by atomic mass is 9.95. The fourth-order valence-electron chi connectivity index (χ4n) is 4.07. The van der Waals surface area contributed by atoms with E-state index in [1.54, 1.807) is 0 Å². The number of nitrogens with zero attached hydrogens (tertiary/aromatic N) is 4. The van der Waals surface area contributed by atoms with Crippen LogP contribution in [0.5, 0.6) is 0 Å². The second-order valence-electron chi connectivity index (χ2n) is 7.08. The Morgan fingerprint density at radius 2 is 1.82 bits per heavy atom. The molecule has 3 aromatic rings. The second-order valence-corrected chi connectivity index (χ2v) is 7.08. The molecular formula is C23H19N5. The van der Waals surface area contributed by atoms with Crippen molar-refractivity contribution in [3.05, 3.63) is 63.5 Å². The molecule has 0 saturated carbocycles. The van der Waals surface area contributed by atoms with Gasteiger partial charge in [-0.3, -0.25) is 0 Å². The van der Waals surface area contributed by atoms with Crippen molar-refractivity contribution in [2.45, 2.75) is 20.8 Å². The van der Waals surface area contributed by atoms with Gasteiger partial charge in [-0.1, -0.05) is 18.2 Å². The first-order valence-corrected chi connectivity index (χ1v) is 8.98. The molecule has 4 rings (SSSR count). The number of nitrogen functional groups attached to an aromatic ring is 1. The van der Waals surface area contributed by atoms with Gasteiger partial charge in [0, 0.05) is 34.8 Å². The van der Waals surface area contributed by atoms with Crippen molar-refractivity contribution in [2.75, 3.05) is 5.73 Å². The van der Waals surface area contributed by atoms with E-state index in [-0.39, 0.29) is 5.82 Å². The lowest BCUT2D eigenvalue weighted by Gasteiger charge is -2.11. The summed E-state index contributed by atoms with van der Waals surface area (Å²) in [5.41, 5.74) is 14.2. The van der Waals surface area contributed by atoms with E-state index < -0.39 is 0 Å². The third kappa shape index (κ3) is 2.20. The minimum atomic E-state index is 0.168. The number of allylic oxidation sites excluding steroid dienone is 3. The van der Waals surface area contributed by atoms with E-state index in [9.17, 15) is 10.5 Å². The number of fused-ring (bicyclic) bond motifs is 2. The Kier molecular flexibility index (Phi) is 3.84. The highest BCUT2D eigenvalue weighted by Crippen LogP contribution is 2.45. The summed E-state index contributed by atoms with van der Waals surface area (Å²) in [7, 11) is 2.05. The number of hydrogen-bond donors (Lipinski definition) is 1. The number of nitrogens with two attached hydrogens (primary N) is 1. The molecule has 0 atom stereocenters. The lowest BCUT2D eigenvalue weighted by Crippen LogP contribution is -2.03. The molecule has 0 aliphatic heterocycles. The molecule has 1 aromatic carbocycles. The van der Waals surface area contributed by atoms with E-state index in [2.05, 4.69) is 46.8 Å². The second kappa shape index (κ2) is 6.11. The van der Waals surface area contributed by atoms with E-state index in [1.807, 2.05) is 33.0 Å². The highest BCUT2D eigenvalue weighted by molar-refractivity contribution is 6.10. The van der Waals surface area contributed by atoms with Crippen molar-refractivity contribution >= 4 is 33.9 Å². The average Bonchev–Trinajstić information content (AvgIpc) is 3.08. The van der Waals surface area contributed by atoms with Crippen molar-refractivity contribution in [2.24, 2.45) is 7.05 Å². The van der Waals surface area contributed by atoms with Crippen LogP contribution in [0, 0.1) is 36.5 Å². The zero-order chi connectivity index (χ0) is 20.2. The monoisotopic (exact) mass is 365 g/mol. The average molecular weight is 365 g/mol. The molecule has 5 nitrogen and oxygen atoms in total. The molecule has 0 amide bonds. The molecule has 0 bridgehead atoms. The van der Waals surface area contributed by atoms with Crippen molar-refractivity contribution in [1.82, 2.24) is 9.55 Å². The first kappa shape index (κ1) is 17.6. The molecule has 28 heavy (non-hydrogen) atoms. The number of benzene rings is 1. The first-order chi connectivity index (χ1) is 13.4. The molecule has 0 fully saturated rings. The van der Waals surface area contributed by atoms with Gasteiger partial charge in [-0.2, -0.15) is 10.5 Å². The van der Waals surface area contributed by atoms with Crippen LogP contribution in [0.4, 0.5) is 5.82 Å². The quantitative estimate of drug-likeness (QED) is 0.687. The van der Waals surface area contributed by atoms with Crippen LogP contribution in [0.25, 0.3) is 28.1 Å². The number of para-hydroxylation sites is 1. The number of rotatable bonds is 1. The fourth-order valence-corrected chi connectivity index (χ4v) is 4.07. The molecule has 0 unspecified atom stereocenters. The van der Waals surface area contributed by atoms with Gasteiger partial charge in [-0.05, 0) is 49.6 Å². The molecule has 136 valence electrons. The molecule has 2 N–H and O–H groups in total. The number of aryl methyl sites for hydroxylation is 1. The Balaban J connectivity index is 2.10. The molecule has 5 heteroatoms. The predicted octanol–water partition coefficient (Wildman–Crippen LogP) is 4.50. The summed E-state index contributed by atoms with van der Waals surface area (Å²) in [5, 5.41) is 20.4. The fraction of sp³-hybridized carbons (Fsp3) is 0.174. The molecule has 1 aliphatic rings. The van der Waals surface area contributed by atoms with E-state index in [0.717, 1.165) is 44.4 Å².